The van der Waals surface area contributed by atoms with Crippen molar-refractivity contribution in [1.29, 1.82) is 0 Å². The summed E-state index contributed by atoms with van der Waals surface area (Å²) in [4.78, 5) is 24.5. The summed E-state index contributed by atoms with van der Waals surface area (Å²) in [6.45, 7) is 0.398. The molecule has 1 aromatic carbocycles. The number of carbonyl (C=O) groups is 2. The maximum absolute atomic E-state index is 11.9. The van der Waals surface area contributed by atoms with Gasteiger partial charge in [-0.1, -0.05) is 12.1 Å². The minimum Gasteiger partial charge on any atom is -0.465 e. The highest BCUT2D eigenvalue weighted by Crippen LogP contribution is 2.36. The number of amides is 1. The molecule has 0 radical (unpaired) electrons. The minimum atomic E-state index is -0.406. The monoisotopic (exact) mass is 297 g/mol. The summed E-state index contributed by atoms with van der Waals surface area (Å²) < 4.78 is 5.07. The van der Waals surface area contributed by atoms with Gasteiger partial charge in [-0.05, 0) is 18.4 Å². The minimum absolute atomic E-state index is 0.110. The van der Waals surface area contributed by atoms with Crippen LogP contribution in [0.15, 0.2) is 29.2 Å². The van der Waals surface area contributed by atoms with Crippen LogP contribution < -0.4 is 5.32 Å². The van der Waals surface area contributed by atoms with E-state index in [1.54, 1.807) is 11.8 Å². The van der Waals surface area contributed by atoms with Crippen LogP contribution in [-0.4, -0.2) is 35.7 Å². The van der Waals surface area contributed by atoms with Crippen LogP contribution in [0.3, 0.4) is 0 Å². The average molecular weight is 297 g/mol. The fraction of sp³-hybridized carbons (Fsp3) is 0.385. The second-order valence-corrected chi connectivity index (χ2v) is 6.24. The van der Waals surface area contributed by atoms with Crippen LogP contribution in [0, 0.1) is 0 Å². The molecule has 0 fully saturated rings. The fourth-order valence-electron chi connectivity index (χ4n) is 1.68. The number of carbonyl (C=O) groups excluding carboxylic acids is 2. The van der Waals surface area contributed by atoms with E-state index in [-0.39, 0.29) is 18.3 Å². The first-order valence-corrected chi connectivity index (χ1v) is 8.19. The Morgan fingerprint density at radius 2 is 2.26 bits per heavy atom. The van der Waals surface area contributed by atoms with Crippen LogP contribution in [0.2, 0.25) is 0 Å². The van der Waals surface area contributed by atoms with Gasteiger partial charge in [-0.3, -0.25) is 9.59 Å². The Morgan fingerprint density at radius 1 is 1.47 bits per heavy atom. The number of rotatable bonds is 5. The lowest BCUT2D eigenvalue weighted by atomic mass is 10.2. The maximum Gasteiger partial charge on any atom is 0.307 e. The van der Waals surface area contributed by atoms with E-state index < -0.39 is 5.25 Å². The van der Waals surface area contributed by atoms with E-state index in [4.69, 9.17) is 4.74 Å². The summed E-state index contributed by atoms with van der Waals surface area (Å²) >= 11 is 3.03. The van der Waals surface area contributed by atoms with E-state index in [0.717, 1.165) is 16.3 Å². The molecule has 0 spiro atoms. The maximum atomic E-state index is 11.9. The molecule has 4 nitrogen and oxygen atoms in total. The number of hydrogen-bond donors (Lipinski definition) is 1. The molecule has 1 amide bonds. The number of esters is 1. The molecule has 2 rings (SSSR count). The second kappa shape index (κ2) is 6.86. The lowest BCUT2D eigenvalue weighted by molar-refractivity contribution is -0.143. The van der Waals surface area contributed by atoms with Crippen LogP contribution in [0.25, 0.3) is 0 Å². The molecule has 0 aromatic heterocycles. The molecule has 102 valence electrons. The third kappa shape index (κ3) is 3.91. The van der Waals surface area contributed by atoms with E-state index in [1.165, 1.54) is 11.8 Å². The van der Waals surface area contributed by atoms with Gasteiger partial charge in [-0.2, -0.15) is 11.8 Å². The second-order valence-electron chi connectivity index (χ2n) is 4.01. The Bertz CT molecular complexity index is 479. The first-order valence-electron chi connectivity index (χ1n) is 5.92. The van der Waals surface area contributed by atoms with Gasteiger partial charge in [0.05, 0.1) is 17.4 Å². The van der Waals surface area contributed by atoms with Gasteiger partial charge in [0, 0.05) is 10.6 Å². The number of ether oxygens (including phenoxy) is 1. The molecule has 6 heteroatoms. The van der Waals surface area contributed by atoms with Gasteiger partial charge in [-0.25, -0.2) is 0 Å². The van der Waals surface area contributed by atoms with Crippen molar-refractivity contribution in [3.63, 3.8) is 0 Å². The fourth-order valence-corrected chi connectivity index (χ4v) is 3.02. The van der Waals surface area contributed by atoms with Gasteiger partial charge in [0.25, 0.3) is 0 Å². The molecular formula is C13H15NO3S2. The molecule has 0 saturated heterocycles. The molecule has 1 heterocycles. The van der Waals surface area contributed by atoms with Crippen molar-refractivity contribution in [2.24, 2.45) is 0 Å². The van der Waals surface area contributed by atoms with E-state index in [1.807, 2.05) is 30.5 Å². The zero-order chi connectivity index (χ0) is 13.7. The Morgan fingerprint density at radius 3 is 3.05 bits per heavy atom. The van der Waals surface area contributed by atoms with Crippen LogP contribution >= 0.6 is 23.5 Å². The predicted octanol–water partition coefficient (Wildman–Crippen LogP) is 2.40. The molecule has 19 heavy (non-hydrogen) atoms. The first kappa shape index (κ1) is 14.3. The standard InChI is InChI=1S/C13H15NO3S2/c1-18-7-6-17-12(15)8-11-13(16)14-9-4-2-3-5-10(9)19-11/h2-5,11H,6-8H2,1H3,(H,14,16)/t11-/m1/s1. The molecular weight excluding hydrogens is 282 g/mol. The smallest absolute Gasteiger partial charge is 0.307 e. The zero-order valence-electron chi connectivity index (χ0n) is 10.5. The topological polar surface area (TPSA) is 55.4 Å². The summed E-state index contributed by atoms with van der Waals surface area (Å²) in [5.74, 6) is 0.324. The van der Waals surface area contributed by atoms with E-state index in [9.17, 15) is 9.59 Å². The molecule has 1 aliphatic rings. The van der Waals surface area contributed by atoms with Gasteiger partial charge >= 0.3 is 5.97 Å². The van der Waals surface area contributed by atoms with Gasteiger partial charge in [0.1, 0.15) is 6.61 Å². The van der Waals surface area contributed by atoms with Crippen molar-refractivity contribution < 1.29 is 14.3 Å². The quantitative estimate of drug-likeness (QED) is 0.668. The van der Waals surface area contributed by atoms with Crippen molar-refractivity contribution >= 4 is 41.1 Å². The van der Waals surface area contributed by atoms with Gasteiger partial charge in [-0.15, -0.1) is 11.8 Å². The number of fused-ring (bicyclic) bond motifs is 1. The van der Waals surface area contributed by atoms with Crippen LogP contribution in [0.4, 0.5) is 5.69 Å². The normalized spacial score (nSPS) is 17.5. The van der Waals surface area contributed by atoms with Crippen molar-refractivity contribution in [3.8, 4) is 0 Å². The summed E-state index contributed by atoms with van der Waals surface area (Å²) in [5.41, 5.74) is 0.810. The Kier molecular flexibility index (Phi) is 5.15. The molecule has 1 aliphatic heterocycles. The molecule has 1 aromatic rings. The largest absolute Gasteiger partial charge is 0.465 e. The average Bonchev–Trinajstić information content (AvgIpc) is 2.40. The highest BCUT2D eigenvalue weighted by Gasteiger charge is 2.29. The van der Waals surface area contributed by atoms with Gasteiger partial charge in [0.2, 0.25) is 5.91 Å². The lowest BCUT2D eigenvalue weighted by Crippen LogP contribution is -2.31. The number of anilines is 1. The highest BCUT2D eigenvalue weighted by atomic mass is 32.2. The Balaban J connectivity index is 1.92. The predicted molar refractivity (Wildman–Crippen MR) is 78.7 cm³/mol. The molecule has 1 atom stereocenters. The van der Waals surface area contributed by atoms with Crippen molar-refractivity contribution in [3.05, 3.63) is 24.3 Å². The van der Waals surface area contributed by atoms with Crippen LogP contribution in [0.1, 0.15) is 6.42 Å². The van der Waals surface area contributed by atoms with E-state index in [0.29, 0.717) is 6.61 Å². The van der Waals surface area contributed by atoms with Gasteiger partial charge in [0.15, 0.2) is 0 Å². The Hall–Kier alpha value is -1.14. The molecule has 0 bridgehead atoms. The molecule has 0 aliphatic carbocycles. The lowest BCUT2D eigenvalue weighted by Gasteiger charge is -2.23. The van der Waals surface area contributed by atoms with E-state index >= 15 is 0 Å². The molecule has 0 unspecified atom stereocenters. The van der Waals surface area contributed by atoms with Gasteiger partial charge < -0.3 is 10.1 Å². The highest BCUT2D eigenvalue weighted by molar-refractivity contribution is 8.01. The zero-order valence-corrected chi connectivity index (χ0v) is 12.2. The van der Waals surface area contributed by atoms with Crippen molar-refractivity contribution in [2.75, 3.05) is 23.9 Å². The molecule has 1 N–H and O–H groups in total. The SMILES string of the molecule is CSCCOC(=O)C[C@H]1Sc2ccccc2NC1=O. The number of hydrogen-bond acceptors (Lipinski definition) is 5. The third-order valence-corrected chi connectivity index (χ3v) is 4.46. The number of benzene rings is 1. The number of nitrogens with one attached hydrogen (secondary N) is 1. The van der Waals surface area contributed by atoms with Crippen molar-refractivity contribution in [1.82, 2.24) is 0 Å². The van der Waals surface area contributed by atoms with Crippen LogP contribution in [-0.2, 0) is 14.3 Å². The summed E-state index contributed by atoms with van der Waals surface area (Å²) in [7, 11) is 0. The first-order chi connectivity index (χ1) is 9.20. The summed E-state index contributed by atoms with van der Waals surface area (Å²) in [6, 6.07) is 7.58. The van der Waals surface area contributed by atoms with Crippen molar-refractivity contribution in [2.45, 2.75) is 16.6 Å². The van der Waals surface area contributed by atoms with Crippen LogP contribution in [0.5, 0.6) is 0 Å². The molecule has 0 saturated carbocycles. The number of thioether (sulfide) groups is 2. The Labute approximate surface area is 120 Å². The van der Waals surface area contributed by atoms with E-state index in [2.05, 4.69) is 5.32 Å². The number of para-hydroxylation sites is 1. The summed E-state index contributed by atoms with van der Waals surface area (Å²) in [5, 5.41) is 2.41. The third-order valence-electron chi connectivity index (χ3n) is 2.61. The summed E-state index contributed by atoms with van der Waals surface area (Å²) in [6.07, 6.45) is 2.06.